The molecule has 0 saturated carbocycles. The van der Waals surface area contributed by atoms with Gasteiger partial charge in [0.2, 0.25) is 0 Å². The quantitative estimate of drug-likeness (QED) is 0.812. The minimum atomic E-state index is 0.0725. The second kappa shape index (κ2) is 5.73. The molecule has 0 unspecified atom stereocenters. The summed E-state index contributed by atoms with van der Waals surface area (Å²) in [6, 6.07) is 9.49. The highest BCUT2D eigenvalue weighted by Crippen LogP contribution is 2.21. The van der Waals surface area contributed by atoms with Crippen LogP contribution in [0.1, 0.15) is 5.69 Å². The number of thiol groups is 1. The number of methoxy groups -OCH3 is 1. The average molecular weight is 262 g/mol. The van der Waals surface area contributed by atoms with E-state index < -0.39 is 0 Å². The maximum Gasteiger partial charge on any atom is 0.148 e. The summed E-state index contributed by atoms with van der Waals surface area (Å²) >= 11 is 3.95. The number of carbonyl (C=O) groups is 1. The van der Waals surface area contributed by atoms with Crippen LogP contribution in [0.15, 0.2) is 30.3 Å². The monoisotopic (exact) mass is 262 g/mol. The van der Waals surface area contributed by atoms with Crippen LogP contribution in [0.3, 0.4) is 0 Å². The van der Waals surface area contributed by atoms with Crippen molar-refractivity contribution in [3.05, 3.63) is 36.0 Å². The second-order valence-corrected chi connectivity index (χ2v) is 4.20. The van der Waals surface area contributed by atoms with Crippen molar-refractivity contribution in [2.24, 2.45) is 0 Å². The van der Waals surface area contributed by atoms with Gasteiger partial charge in [0.25, 0.3) is 0 Å². The number of ether oxygens (including phenoxy) is 1. The molecule has 2 aromatic rings. The molecule has 0 fully saturated rings. The lowest BCUT2D eigenvalue weighted by molar-refractivity contribution is -0.116. The van der Waals surface area contributed by atoms with E-state index >= 15 is 0 Å². The van der Waals surface area contributed by atoms with Crippen LogP contribution in [-0.2, 0) is 11.2 Å². The molecule has 1 aromatic carbocycles. The Kier molecular flexibility index (Phi) is 4.04. The van der Waals surface area contributed by atoms with E-state index in [1.807, 2.05) is 30.3 Å². The summed E-state index contributed by atoms with van der Waals surface area (Å²) in [5.74, 6) is 1.12. The molecule has 1 N–H and O–H groups in total. The van der Waals surface area contributed by atoms with Crippen molar-refractivity contribution in [2.75, 3.05) is 12.9 Å². The van der Waals surface area contributed by atoms with E-state index in [1.54, 1.807) is 7.11 Å². The lowest BCUT2D eigenvalue weighted by Crippen LogP contribution is -2.03. The van der Waals surface area contributed by atoms with Crippen molar-refractivity contribution < 1.29 is 9.53 Å². The van der Waals surface area contributed by atoms with E-state index in [2.05, 4.69) is 22.8 Å². The highest BCUT2D eigenvalue weighted by atomic mass is 32.1. The Labute approximate surface area is 111 Å². The van der Waals surface area contributed by atoms with Gasteiger partial charge in [0.15, 0.2) is 0 Å². The lowest BCUT2D eigenvalue weighted by atomic mass is 10.1. The third-order valence-electron chi connectivity index (χ3n) is 2.58. The van der Waals surface area contributed by atoms with E-state index in [0.717, 1.165) is 22.7 Å². The molecule has 94 valence electrons. The first-order valence-corrected chi connectivity index (χ1v) is 6.17. The number of nitrogens with one attached hydrogen (secondary N) is 1. The summed E-state index contributed by atoms with van der Waals surface area (Å²) in [5.41, 5.74) is 2.61. The fourth-order valence-electron chi connectivity index (χ4n) is 1.63. The topological polar surface area (TPSA) is 55.0 Å². The van der Waals surface area contributed by atoms with Crippen LogP contribution in [0, 0.1) is 0 Å². The molecule has 0 spiro atoms. The first-order valence-electron chi connectivity index (χ1n) is 5.54. The number of nitrogens with zero attached hydrogens (tertiary/aromatic N) is 1. The summed E-state index contributed by atoms with van der Waals surface area (Å²) in [4.78, 5) is 11.3. The molecule has 4 nitrogen and oxygen atoms in total. The van der Waals surface area contributed by atoms with Crippen LogP contribution in [-0.4, -0.2) is 28.8 Å². The maximum absolute atomic E-state index is 11.3. The minimum Gasteiger partial charge on any atom is -0.497 e. The predicted octanol–water partition coefficient (Wildman–Crippen LogP) is 2.13. The standard InChI is InChI=1S/C13H14N2O2S/c1-17-12-4-2-9(3-5-12)13-7-10(14-15-13)6-11(16)8-18/h2-5,7,18H,6,8H2,1H3,(H,14,15). The van der Waals surface area contributed by atoms with Crippen molar-refractivity contribution >= 4 is 18.4 Å². The molecule has 1 aromatic heterocycles. The second-order valence-electron chi connectivity index (χ2n) is 3.88. The molecule has 0 amide bonds. The summed E-state index contributed by atoms with van der Waals surface area (Å²) in [5, 5.41) is 7.05. The van der Waals surface area contributed by atoms with E-state index in [0.29, 0.717) is 6.42 Å². The van der Waals surface area contributed by atoms with Crippen molar-refractivity contribution in [3.63, 3.8) is 0 Å². The van der Waals surface area contributed by atoms with E-state index in [1.165, 1.54) is 0 Å². The SMILES string of the molecule is COc1ccc(-c2cc(CC(=O)CS)[nH]n2)cc1. The number of aromatic nitrogens is 2. The van der Waals surface area contributed by atoms with Crippen LogP contribution in [0.4, 0.5) is 0 Å². The molecule has 0 saturated heterocycles. The van der Waals surface area contributed by atoms with Gasteiger partial charge in [-0.15, -0.1) is 0 Å². The van der Waals surface area contributed by atoms with Crippen LogP contribution >= 0.6 is 12.6 Å². The number of hydrogen-bond donors (Lipinski definition) is 2. The molecule has 1 heterocycles. The minimum absolute atomic E-state index is 0.0725. The summed E-state index contributed by atoms with van der Waals surface area (Å²) in [6.45, 7) is 0. The Balaban J connectivity index is 2.15. The zero-order valence-corrected chi connectivity index (χ0v) is 10.9. The smallest absolute Gasteiger partial charge is 0.148 e. The number of H-pyrrole nitrogens is 1. The van der Waals surface area contributed by atoms with Gasteiger partial charge >= 0.3 is 0 Å². The molecule has 0 aliphatic rings. The zero-order valence-electron chi connectivity index (χ0n) is 10.0. The Morgan fingerprint density at radius 3 is 2.72 bits per heavy atom. The van der Waals surface area contributed by atoms with Crippen LogP contribution < -0.4 is 4.74 Å². The van der Waals surface area contributed by atoms with Crippen LogP contribution in [0.25, 0.3) is 11.3 Å². The van der Waals surface area contributed by atoms with Gasteiger partial charge in [0.1, 0.15) is 11.5 Å². The molecular weight excluding hydrogens is 248 g/mol. The number of rotatable bonds is 5. The first kappa shape index (κ1) is 12.7. The summed E-state index contributed by atoms with van der Waals surface area (Å²) in [6.07, 6.45) is 0.340. The molecule has 0 bridgehead atoms. The molecule has 0 radical (unpaired) electrons. The Hall–Kier alpha value is -1.75. The largest absolute Gasteiger partial charge is 0.497 e. The molecule has 0 aliphatic heterocycles. The lowest BCUT2D eigenvalue weighted by Gasteiger charge is -1.99. The van der Waals surface area contributed by atoms with Gasteiger partial charge in [0, 0.05) is 23.4 Å². The van der Waals surface area contributed by atoms with Gasteiger partial charge in [-0.25, -0.2) is 0 Å². The molecule has 2 rings (SSSR count). The fourth-order valence-corrected chi connectivity index (χ4v) is 1.74. The number of carbonyl (C=O) groups excluding carboxylic acids is 1. The highest BCUT2D eigenvalue weighted by molar-refractivity contribution is 7.81. The van der Waals surface area contributed by atoms with Crippen molar-refractivity contribution in [1.82, 2.24) is 10.2 Å². The van der Waals surface area contributed by atoms with E-state index in [9.17, 15) is 4.79 Å². The maximum atomic E-state index is 11.3. The Morgan fingerprint density at radius 2 is 2.11 bits per heavy atom. The molecule has 5 heteroatoms. The fraction of sp³-hybridized carbons (Fsp3) is 0.231. The average Bonchev–Trinajstić information content (AvgIpc) is 2.87. The molecule has 0 aliphatic carbocycles. The predicted molar refractivity (Wildman–Crippen MR) is 73.1 cm³/mol. The molecule has 18 heavy (non-hydrogen) atoms. The van der Waals surface area contributed by atoms with Crippen molar-refractivity contribution in [2.45, 2.75) is 6.42 Å². The Morgan fingerprint density at radius 1 is 1.39 bits per heavy atom. The van der Waals surface area contributed by atoms with Gasteiger partial charge in [-0.3, -0.25) is 9.89 Å². The van der Waals surface area contributed by atoms with Crippen LogP contribution in [0.5, 0.6) is 5.75 Å². The number of aromatic amines is 1. The van der Waals surface area contributed by atoms with Gasteiger partial charge in [-0.05, 0) is 30.3 Å². The van der Waals surface area contributed by atoms with Crippen LogP contribution in [0.2, 0.25) is 0 Å². The number of hydrogen-bond acceptors (Lipinski definition) is 4. The van der Waals surface area contributed by atoms with E-state index in [-0.39, 0.29) is 11.5 Å². The third-order valence-corrected chi connectivity index (χ3v) is 2.93. The third kappa shape index (κ3) is 2.92. The summed E-state index contributed by atoms with van der Waals surface area (Å²) in [7, 11) is 1.63. The first-order chi connectivity index (χ1) is 8.72. The van der Waals surface area contributed by atoms with Crippen molar-refractivity contribution in [3.8, 4) is 17.0 Å². The number of Topliss-reactive ketones (excluding diaryl/α,β-unsaturated/α-hetero) is 1. The normalized spacial score (nSPS) is 10.3. The number of benzene rings is 1. The van der Waals surface area contributed by atoms with E-state index in [4.69, 9.17) is 4.74 Å². The van der Waals surface area contributed by atoms with Gasteiger partial charge in [0.05, 0.1) is 12.8 Å². The number of ketones is 1. The van der Waals surface area contributed by atoms with Gasteiger partial charge < -0.3 is 4.74 Å². The molecular formula is C13H14N2O2S. The summed E-state index contributed by atoms with van der Waals surface area (Å²) < 4.78 is 5.10. The van der Waals surface area contributed by atoms with Crippen molar-refractivity contribution in [1.29, 1.82) is 0 Å². The van der Waals surface area contributed by atoms with Gasteiger partial charge in [-0.1, -0.05) is 0 Å². The van der Waals surface area contributed by atoms with Gasteiger partial charge in [-0.2, -0.15) is 17.7 Å². The Bertz CT molecular complexity index is 534. The zero-order chi connectivity index (χ0) is 13.0. The highest BCUT2D eigenvalue weighted by Gasteiger charge is 2.07. The molecule has 0 atom stereocenters.